The standard InChI is InChI=1S/C24H25Cl2F3N2O2/c1-14(2)8-9-30-22(32)20-13-31(23(33)18-7-6-17(25)11-21(18)26)12-19(20)15-4-3-5-16(10-15)24(27,28)29/h3-7,10-11,14,19-20H,8-9,12-13H2,1-2H3,(H,30,32). The zero-order chi connectivity index (χ0) is 24.3. The van der Waals surface area contributed by atoms with E-state index in [0.717, 1.165) is 18.6 Å². The molecule has 1 N–H and O–H groups in total. The summed E-state index contributed by atoms with van der Waals surface area (Å²) in [7, 11) is 0. The Morgan fingerprint density at radius 2 is 1.85 bits per heavy atom. The summed E-state index contributed by atoms with van der Waals surface area (Å²) >= 11 is 12.1. The van der Waals surface area contributed by atoms with Gasteiger partial charge in [-0.2, -0.15) is 13.2 Å². The molecule has 2 amide bonds. The first-order valence-corrected chi connectivity index (χ1v) is 11.4. The molecule has 1 aliphatic rings. The summed E-state index contributed by atoms with van der Waals surface area (Å²) in [6, 6.07) is 9.44. The van der Waals surface area contributed by atoms with Gasteiger partial charge in [0.25, 0.3) is 5.91 Å². The van der Waals surface area contributed by atoms with Gasteiger partial charge in [-0.25, -0.2) is 0 Å². The SMILES string of the molecule is CC(C)CCNC(=O)C1CN(C(=O)c2ccc(Cl)cc2Cl)CC1c1cccc(C(F)(F)F)c1. The van der Waals surface area contributed by atoms with Crippen LogP contribution in [0.5, 0.6) is 0 Å². The van der Waals surface area contributed by atoms with E-state index >= 15 is 0 Å². The lowest BCUT2D eigenvalue weighted by Crippen LogP contribution is -2.36. The molecule has 178 valence electrons. The fourth-order valence-corrected chi connectivity index (χ4v) is 4.46. The summed E-state index contributed by atoms with van der Waals surface area (Å²) in [5, 5.41) is 3.43. The third-order valence-electron chi connectivity index (χ3n) is 5.77. The molecule has 0 spiro atoms. The molecule has 9 heteroatoms. The molecule has 0 saturated carbocycles. The highest BCUT2D eigenvalue weighted by Crippen LogP contribution is 2.37. The van der Waals surface area contributed by atoms with E-state index in [-0.39, 0.29) is 29.6 Å². The number of nitrogens with zero attached hydrogens (tertiary/aromatic N) is 1. The summed E-state index contributed by atoms with van der Waals surface area (Å²) in [6.07, 6.45) is -3.73. The number of nitrogens with one attached hydrogen (secondary N) is 1. The normalized spacial score (nSPS) is 18.6. The van der Waals surface area contributed by atoms with Crippen molar-refractivity contribution in [1.82, 2.24) is 10.2 Å². The second-order valence-electron chi connectivity index (χ2n) is 8.64. The topological polar surface area (TPSA) is 49.4 Å². The fourth-order valence-electron chi connectivity index (χ4n) is 3.97. The molecule has 0 radical (unpaired) electrons. The minimum atomic E-state index is -4.50. The highest BCUT2D eigenvalue weighted by molar-refractivity contribution is 6.36. The van der Waals surface area contributed by atoms with Crippen molar-refractivity contribution in [3.63, 3.8) is 0 Å². The van der Waals surface area contributed by atoms with Crippen molar-refractivity contribution < 1.29 is 22.8 Å². The second-order valence-corrected chi connectivity index (χ2v) is 9.49. The van der Waals surface area contributed by atoms with Crippen LogP contribution < -0.4 is 5.32 Å². The average molecular weight is 501 g/mol. The molecule has 2 aromatic carbocycles. The minimum absolute atomic E-state index is 0.0756. The van der Waals surface area contributed by atoms with Crippen molar-refractivity contribution in [2.24, 2.45) is 11.8 Å². The number of benzene rings is 2. The van der Waals surface area contributed by atoms with Crippen LogP contribution in [0, 0.1) is 11.8 Å². The van der Waals surface area contributed by atoms with Crippen LogP contribution in [-0.2, 0) is 11.0 Å². The molecule has 4 nitrogen and oxygen atoms in total. The molecule has 0 aromatic heterocycles. The van der Waals surface area contributed by atoms with Gasteiger partial charge < -0.3 is 10.2 Å². The van der Waals surface area contributed by atoms with E-state index in [1.807, 2.05) is 13.8 Å². The van der Waals surface area contributed by atoms with Crippen LogP contribution in [0.4, 0.5) is 13.2 Å². The van der Waals surface area contributed by atoms with E-state index in [0.29, 0.717) is 23.0 Å². The number of alkyl halides is 3. The van der Waals surface area contributed by atoms with Crippen LogP contribution in [-0.4, -0.2) is 36.3 Å². The Bertz CT molecular complexity index is 1030. The molecule has 1 heterocycles. The highest BCUT2D eigenvalue weighted by Gasteiger charge is 2.41. The molecule has 2 atom stereocenters. The Morgan fingerprint density at radius 3 is 2.48 bits per heavy atom. The summed E-state index contributed by atoms with van der Waals surface area (Å²) in [5.41, 5.74) is -0.194. The highest BCUT2D eigenvalue weighted by atomic mass is 35.5. The van der Waals surface area contributed by atoms with Gasteiger partial charge in [-0.15, -0.1) is 0 Å². The van der Waals surface area contributed by atoms with Crippen LogP contribution in [0.1, 0.15) is 47.7 Å². The van der Waals surface area contributed by atoms with Crippen molar-refractivity contribution in [3.05, 3.63) is 69.2 Å². The monoisotopic (exact) mass is 500 g/mol. The predicted molar refractivity (Wildman–Crippen MR) is 123 cm³/mol. The van der Waals surface area contributed by atoms with Crippen molar-refractivity contribution in [1.29, 1.82) is 0 Å². The lowest BCUT2D eigenvalue weighted by Gasteiger charge is -2.19. The number of hydrogen-bond donors (Lipinski definition) is 1. The summed E-state index contributed by atoms with van der Waals surface area (Å²) in [4.78, 5) is 27.6. The van der Waals surface area contributed by atoms with Gasteiger partial charge in [0.15, 0.2) is 0 Å². The minimum Gasteiger partial charge on any atom is -0.356 e. The van der Waals surface area contributed by atoms with Crippen molar-refractivity contribution in [2.45, 2.75) is 32.4 Å². The lowest BCUT2D eigenvalue weighted by atomic mass is 9.87. The number of carbonyl (C=O) groups is 2. The Morgan fingerprint density at radius 1 is 1.12 bits per heavy atom. The van der Waals surface area contributed by atoms with Crippen molar-refractivity contribution >= 4 is 35.0 Å². The summed E-state index contributed by atoms with van der Waals surface area (Å²) in [5.74, 6) is -1.56. The third-order valence-corrected chi connectivity index (χ3v) is 6.32. The number of carbonyl (C=O) groups excluding carboxylic acids is 2. The molecule has 1 saturated heterocycles. The first-order valence-electron chi connectivity index (χ1n) is 10.7. The number of amides is 2. The third kappa shape index (κ3) is 6.21. The zero-order valence-corrected chi connectivity index (χ0v) is 19.8. The first-order chi connectivity index (χ1) is 15.5. The number of halogens is 5. The Hall–Kier alpha value is -2.25. The lowest BCUT2D eigenvalue weighted by molar-refractivity contribution is -0.137. The van der Waals surface area contributed by atoms with Gasteiger partial charge in [-0.3, -0.25) is 9.59 Å². The van der Waals surface area contributed by atoms with E-state index < -0.39 is 29.5 Å². The Balaban J connectivity index is 1.89. The van der Waals surface area contributed by atoms with Gasteiger partial charge in [0.05, 0.1) is 22.1 Å². The van der Waals surface area contributed by atoms with Crippen LogP contribution >= 0.6 is 23.2 Å². The molecule has 1 fully saturated rings. The smallest absolute Gasteiger partial charge is 0.356 e. The number of likely N-dealkylation sites (tertiary alicyclic amines) is 1. The Kier molecular flexibility index (Phi) is 7.96. The van der Waals surface area contributed by atoms with E-state index in [9.17, 15) is 22.8 Å². The fraction of sp³-hybridized carbons (Fsp3) is 0.417. The van der Waals surface area contributed by atoms with Gasteiger partial charge in [0.2, 0.25) is 5.91 Å². The first kappa shape index (κ1) is 25.4. The van der Waals surface area contributed by atoms with Gasteiger partial charge >= 0.3 is 6.18 Å². The summed E-state index contributed by atoms with van der Waals surface area (Å²) < 4.78 is 39.9. The van der Waals surface area contributed by atoms with E-state index in [4.69, 9.17) is 23.2 Å². The maximum Gasteiger partial charge on any atom is 0.416 e. The van der Waals surface area contributed by atoms with E-state index in [2.05, 4.69) is 5.32 Å². The van der Waals surface area contributed by atoms with Crippen molar-refractivity contribution in [3.8, 4) is 0 Å². The molecule has 3 rings (SSSR count). The van der Waals surface area contributed by atoms with Crippen molar-refractivity contribution in [2.75, 3.05) is 19.6 Å². The maximum absolute atomic E-state index is 13.3. The van der Waals surface area contributed by atoms with Crippen LogP contribution in [0.3, 0.4) is 0 Å². The maximum atomic E-state index is 13.3. The van der Waals surface area contributed by atoms with Crippen LogP contribution in [0.2, 0.25) is 10.0 Å². The van der Waals surface area contributed by atoms with Crippen LogP contribution in [0.25, 0.3) is 0 Å². The van der Waals surface area contributed by atoms with Crippen LogP contribution in [0.15, 0.2) is 42.5 Å². The summed E-state index contributed by atoms with van der Waals surface area (Å²) in [6.45, 7) is 4.69. The largest absolute Gasteiger partial charge is 0.416 e. The molecule has 0 aliphatic carbocycles. The molecular weight excluding hydrogens is 476 g/mol. The second kappa shape index (κ2) is 10.3. The molecule has 1 aliphatic heterocycles. The van der Waals surface area contributed by atoms with Gasteiger partial charge in [0.1, 0.15) is 0 Å². The van der Waals surface area contributed by atoms with Gasteiger partial charge in [0, 0.05) is 30.6 Å². The molecule has 2 aromatic rings. The number of hydrogen-bond acceptors (Lipinski definition) is 2. The zero-order valence-electron chi connectivity index (χ0n) is 18.3. The van der Waals surface area contributed by atoms with Gasteiger partial charge in [-0.1, -0.05) is 55.2 Å². The van der Waals surface area contributed by atoms with Gasteiger partial charge in [-0.05, 0) is 42.2 Å². The molecule has 2 unspecified atom stereocenters. The quantitative estimate of drug-likeness (QED) is 0.526. The predicted octanol–water partition coefficient (Wildman–Crippen LogP) is 6.03. The van der Waals surface area contributed by atoms with E-state index in [1.54, 1.807) is 6.07 Å². The number of rotatable bonds is 6. The average Bonchev–Trinajstić information content (AvgIpc) is 3.18. The molecule has 0 bridgehead atoms. The Labute approximate surface area is 201 Å². The molecular formula is C24H25Cl2F3N2O2. The molecule has 33 heavy (non-hydrogen) atoms. The van der Waals surface area contributed by atoms with E-state index in [1.165, 1.54) is 29.2 Å².